The minimum Gasteiger partial charge on any atom is -0.486 e. The van der Waals surface area contributed by atoms with Crippen molar-refractivity contribution in [2.24, 2.45) is 0 Å². The summed E-state index contributed by atoms with van der Waals surface area (Å²) in [5.74, 6) is 0.411. The Balaban J connectivity index is 1.37. The summed E-state index contributed by atoms with van der Waals surface area (Å²) in [6, 6.07) is 7.09. The molecule has 142 valence electrons. The second-order valence-electron chi connectivity index (χ2n) is 6.66. The minimum absolute atomic E-state index is 0.388. The molecule has 1 aliphatic heterocycles. The van der Waals surface area contributed by atoms with E-state index in [1.165, 1.54) is 21.8 Å². The fourth-order valence-electron chi connectivity index (χ4n) is 3.23. The Hall–Kier alpha value is -2.54. The third-order valence-corrected chi connectivity index (χ3v) is 5.88. The average Bonchev–Trinajstić information content (AvgIpc) is 3.12. The van der Waals surface area contributed by atoms with Gasteiger partial charge < -0.3 is 19.5 Å². The van der Waals surface area contributed by atoms with Crippen molar-refractivity contribution in [3.8, 4) is 11.5 Å². The molecule has 2 heterocycles. The van der Waals surface area contributed by atoms with Crippen molar-refractivity contribution < 1.29 is 23.8 Å². The topological polar surface area (TPSA) is 73.9 Å². The molecule has 27 heavy (non-hydrogen) atoms. The SMILES string of the molecule is CC(OC(=O)c1cc2c(s1)CCCC2)C(=O)Nc1ccc2c(c1)OCCO2. The van der Waals surface area contributed by atoms with Gasteiger partial charge >= 0.3 is 5.97 Å². The number of benzene rings is 1. The van der Waals surface area contributed by atoms with Crippen LogP contribution >= 0.6 is 11.3 Å². The molecule has 1 aliphatic carbocycles. The highest BCUT2D eigenvalue weighted by molar-refractivity contribution is 7.14. The summed E-state index contributed by atoms with van der Waals surface area (Å²) in [6.45, 7) is 2.56. The van der Waals surface area contributed by atoms with Crippen molar-refractivity contribution in [2.45, 2.75) is 38.7 Å². The number of esters is 1. The molecule has 0 bridgehead atoms. The molecule has 1 N–H and O–H groups in total. The molecule has 1 aromatic heterocycles. The number of nitrogens with one attached hydrogen (secondary N) is 1. The number of aryl methyl sites for hydroxylation is 2. The van der Waals surface area contributed by atoms with Gasteiger partial charge in [-0.3, -0.25) is 4.79 Å². The zero-order valence-electron chi connectivity index (χ0n) is 15.1. The number of hydrogen-bond acceptors (Lipinski definition) is 6. The van der Waals surface area contributed by atoms with Gasteiger partial charge in [0.2, 0.25) is 0 Å². The van der Waals surface area contributed by atoms with Gasteiger partial charge in [-0.15, -0.1) is 11.3 Å². The molecule has 7 heteroatoms. The first-order chi connectivity index (χ1) is 13.1. The number of ether oxygens (including phenoxy) is 3. The molecule has 2 aromatic rings. The van der Waals surface area contributed by atoms with Gasteiger partial charge in [0, 0.05) is 16.6 Å². The van der Waals surface area contributed by atoms with Crippen LogP contribution in [-0.4, -0.2) is 31.2 Å². The third-order valence-electron chi connectivity index (χ3n) is 4.66. The van der Waals surface area contributed by atoms with Gasteiger partial charge in [0.25, 0.3) is 5.91 Å². The normalized spacial score (nSPS) is 16.2. The number of thiophene rings is 1. The number of rotatable bonds is 4. The molecule has 4 rings (SSSR count). The first-order valence-corrected chi connectivity index (χ1v) is 9.95. The first-order valence-electron chi connectivity index (χ1n) is 9.13. The van der Waals surface area contributed by atoms with Crippen LogP contribution in [0.2, 0.25) is 0 Å². The number of carbonyl (C=O) groups excluding carboxylic acids is 2. The second kappa shape index (κ2) is 7.60. The van der Waals surface area contributed by atoms with E-state index in [2.05, 4.69) is 5.32 Å². The molecule has 0 radical (unpaired) electrons. The highest BCUT2D eigenvalue weighted by Gasteiger charge is 2.23. The second-order valence-corrected chi connectivity index (χ2v) is 7.80. The summed E-state index contributed by atoms with van der Waals surface area (Å²) in [4.78, 5) is 26.6. The quantitative estimate of drug-likeness (QED) is 0.812. The smallest absolute Gasteiger partial charge is 0.349 e. The molecule has 2 aliphatic rings. The lowest BCUT2D eigenvalue weighted by Crippen LogP contribution is -2.29. The van der Waals surface area contributed by atoms with Gasteiger partial charge in [0.1, 0.15) is 18.1 Å². The zero-order valence-corrected chi connectivity index (χ0v) is 15.9. The zero-order chi connectivity index (χ0) is 18.8. The van der Waals surface area contributed by atoms with E-state index in [0.717, 1.165) is 25.7 Å². The Morgan fingerprint density at radius 1 is 1.11 bits per heavy atom. The van der Waals surface area contributed by atoms with Crippen molar-refractivity contribution in [1.82, 2.24) is 0 Å². The largest absolute Gasteiger partial charge is 0.486 e. The molecule has 1 aromatic carbocycles. The van der Waals surface area contributed by atoms with E-state index in [-0.39, 0.29) is 5.91 Å². The molecule has 0 spiro atoms. The Kier molecular flexibility index (Phi) is 5.03. The maximum absolute atomic E-state index is 12.4. The van der Waals surface area contributed by atoms with Gasteiger partial charge in [-0.1, -0.05) is 0 Å². The van der Waals surface area contributed by atoms with E-state index in [0.29, 0.717) is 35.3 Å². The van der Waals surface area contributed by atoms with E-state index in [9.17, 15) is 9.59 Å². The lowest BCUT2D eigenvalue weighted by molar-refractivity contribution is -0.123. The number of amides is 1. The van der Waals surface area contributed by atoms with Gasteiger partial charge in [0.15, 0.2) is 17.6 Å². The van der Waals surface area contributed by atoms with Gasteiger partial charge in [-0.05, 0) is 56.4 Å². The van der Waals surface area contributed by atoms with Crippen LogP contribution in [0.25, 0.3) is 0 Å². The van der Waals surface area contributed by atoms with Crippen molar-refractivity contribution in [3.05, 3.63) is 39.6 Å². The maximum Gasteiger partial charge on any atom is 0.349 e. The van der Waals surface area contributed by atoms with E-state index in [4.69, 9.17) is 14.2 Å². The first kappa shape index (κ1) is 17.9. The number of fused-ring (bicyclic) bond motifs is 2. The van der Waals surface area contributed by atoms with Crippen LogP contribution in [0.4, 0.5) is 5.69 Å². The van der Waals surface area contributed by atoms with Crippen molar-refractivity contribution >= 4 is 28.9 Å². The molecule has 0 fully saturated rings. The van der Waals surface area contributed by atoms with E-state index >= 15 is 0 Å². The summed E-state index contributed by atoms with van der Waals surface area (Å²) in [7, 11) is 0. The predicted octanol–water partition coefficient (Wildman–Crippen LogP) is 3.58. The number of carbonyl (C=O) groups is 2. The average molecular weight is 387 g/mol. The minimum atomic E-state index is -0.898. The molecule has 1 amide bonds. The molecule has 6 nitrogen and oxygen atoms in total. The standard InChI is InChI=1S/C20H21NO5S/c1-12(26-20(23)18-10-13-4-2-3-5-17(13)27-18)19(22)21-14-6-7-15-16(11-14)25-9-8-24-15/h6-7,10-12H,2-5,8-9H2,1H3,(H,21,22). The summed E-state index contributed by atoms with van der Waals surface area (Å²) in [6.07, 6.45) is 3.46. The molecule has 1 atom stereocenters. The van der Waals surface area contributed by atoms with Crippen molar-refractivity contribution in [3.63, 3.8) is 0 Å². The van der Waals surface area contributed by atoms with Crippen LogP contribution in [0.1, 0.15) is 39.9 Å². The maximum atomic E-state index is 12.4. The highest BCUT2D eigenvalue weighted by Crippen LogP contribution is 2.33. The molecule has 0 saturated carbocycles. The van der Waals surface area contributed by atoms with Gasteiger partial charge in [-0.25, -0.2) is 4.79 Å². The van der Waals surface area contributed by atoms with E-state index < -0.39 is 12.1 Å². The third kappa shape index (κ3) is 3.93. The Bertz CT molecular complexity index is 852. The fourth-order valence-corrected chi connectivity index (χ4v) is 4.36. The van der Waals surface area contributed by atoms with Gasteiger partial charge in [0.05, 0.1) is 0 Å². The molecule has 0 saturated heterocycles. The van der Waals surface area contributed by atoms with Crippen LogP contribution in [0.15, 0.2) is 24.3 Å². The molecular formula is C20H21NO5S. The van der Waals surface area contributed by atoms with Crippen LogP contribution in [-0.2, 0) is 22.4 Å². The monoisotopic (exact) mass is 387 g/mol. The van der Waals surface area contributed by atoms with Crippen LogP contribution < -0.4 is 14.8 Å². The summed E-state index contributed by atoms with van der Waals surface area (Å²) in [5, 5.41) is 2.75. The van der Waals surface area contributed by atoms with E-state index in [1.54, 1.807) is 25.1 Å². The van der Waals surface area contributed by atoms with Gasteiger partial charge in [-0.2, -0.15) is 0 Å². The fraction of sp³-hybridized carbons (Fsp3) is 0.400. The van der Waals surface area contributed by atoms with Crippen molar-refractivity contribution in [2.75, 3.05) is 18.5 Å². The number of anilines is 1. The van der Waals surface area contributed by atoms with Crippen LogP contribution in [0.3, 0.4) is 0 Å². The van der Waals surface area contributed by atoms with Crippen molar-refractivity contribution in [1.29, 1.82) is 0 Å². The molecule has 1 unspecified atom stereocenters. The lowest BCUT2D eigenvalue weighted by atomic mass is 9.99. The van der Waals surface area contributed by atoms with E-state index in [1.807, 2.05) is 6.07 Å². The number of hydrogen-bond donors (Lipinski definition) is 1. The summed E-state index contributed by atoms with van der Waals surface area (Å²) >= 11 is 1.48. The Labute approximate surface area is 161 Å². The Morgan fingerprint density at radius 2 is 1.89 bits per heavy atom. The Morgan fingerprint density at radius 3 is 2.70 bits per heavy atom. The predicted molar refractivity (Wildman–Crippen MR) is 102 cm³/mol. The summed E-state index contributed by atoms with van der Waals surface area (Å²) in [5.41, 5.74) is 1.81. The highest BCUT2D eigenvalue weighted by atomic mass is 32.1. The van der Waals surface area contributed by atoms with Crippen LogP contribution in [0, 0.1) is 0 Å². The summed E-state index contributed by atoms with van der Waals surface area (Å²) < 4.78 is 16.3. The molecular weight excluding hydrogens is 366 g/mol. The van der Waals surface area contributed by atoms with Crippen LogP contribution in [0.5, 0.6) is 11.5 Å². The lowest BCUT2D eigenvalue weighted by Gasteiger charge is -2.19.